The van der Waals surface area contributed by atoms with Crippen molar-refractivity contribution in [2.24, 2.45) is 10.8 Å². The van der Waals surface area contributed by atoms with Crippen LogP contribution >= 0.6 is 43.5 Å². The molecule has 114 valence electrons. The van der Waals surface area contributed by atoms with Gasteiger partial charge in [0, 0.05) is 15.7 Å². The molecule has 1 N–H and O–H groups in total. The lowest BCUT2D eigenvalue weighted by atomic mass is 9.47. The first kappa shape index (κ1) is 15.8. The van der Waals surface area contributed by atoms with E-state index in [2.05, 4.69) is 45.7 Å². The van der Waals surface area contributed by atoms with Gasteiger partial charge in [-0.1, -0.05) is 35.9 Å². The molecule has 5 heteroatoms. The SMILES string of the molecule is CC1(C)[C@@]2(Br)C=C[C@@](C)(O)[C@@]13C[C@H](Br)[C@@](C)(Cl)C[C@@H]3O2. The number of alkyl halides is 3. The van der Waals surface area contributed by atoms with Crippen LogP contribution in [0.15, 0.2) is 12.2 Å². The van der Waals surface area contributed by atoms with E-state index in [1.54, 1.807) is 0 Å². The molecule has 3 rings (SSSR count). The summed E-state index contributed by atoms with van der Waals surface area (Å²) < 4.78 is 5.84. The second-order valence-corrected chi connectivity index (χ2v) is 10.6. The lowest BCUT2D eigenvalue weighted by Crippen LogP contribution is -2.65. The van der Waals surface area contributed by atoms with Gasteiger partial charge in [0.05, 0.1) is 16.6 Å². The zero-order valence-corrected chi connectivity index (χ0v) is 16.1. The molecule has 1 spiro atoms. The minimum atomic E-state index is -0.908. The Bertz CT molecular complexity index is 488. The molecule has 0 aromatic heterocycles. The van der Waals surface area contributed by atoms with Gasteiger partial charge in [0.15, 0.2) is 0 Å². The Morgan fingerprint density at radius 3 is 2.40 bits per heavy atom. The lowest BCUT2D eigenvalue weighted by Gasteiger charge is -2.59. The van der Waals surface area contributed by atoms with E-state index < -0.39 is 10.1 Å². The molecule has 2 aliphatic carbocycles. The maximum absolute atomic E-state index is 11.1. The van der Waals surface area contributed by atoms with E-state index in [1.807, 2.05) is 26.0 Å². The molecule has 0 aromatic carbocycles. The summed E-state index contributed by atoms with van der Waals surface area (Å²) in [6.07, 6.45) is 5.29. The maximum atomic E-state index is 11.1. The average Bonchev–Trinajstić information content (AvgIpc) is 2.37. The van der Waals surface area contributed by atoms with Crippen LogP contribution in [0.5, 0.6) is 0 Å². The zero-order chi connectivity index (χ0) is 15.2. The molecule has 2 fully saturated rings. The molecule has 0 unspecified atom stereocenters. The smallest absolute Gasteiger partial charge is 0.147 e. The Kier molecular flexibility index (Phi) is 3.20. The summed E-state index contributed by atoms with van der Waals surface area (Å²) in [6, 6.07) is 0. The van der Waals surface area contributed by atoms with Crippen molar-refractivity contribution in [3.63, 3.8) is 0 Å². The lowest BCUT2D eigenvalue weighted by molar-refractivity contribution is -0.132. The van der Waals surface area contributed by atoms with E-state index >= 15 is 0 Å². The second kappa shape index (κ2) is 4.05. The van der Waals surface area contributed by atoms with Gasteiger partial charge in [0.1, 0.15) is 4.51 Å². The third-order valence-corrected chi connectivity index (χ3v) is 9.55. The Morgan fingerprint density at radius 1 is 1.20 bits per heavy atom. The summed E-state index contributed by atoms with van der Waals surface area (Å²) in [7, 11) is 0. The van der Waals surface area contributed by atoms with Gasteiger partial charge >= 0.3 is 0 Å². The fourth-order valence-corrected chi connectivity index (χ4v) is 6.21. The molecule has 0 aromatic rings. The van der Waals surface area contributed by atoms with Crippen LogP contribution in [0.1, 0.15) is 40.5 Å². The van der Waals surface area contributed by atoms with Crippen LogP contribution in [-0.2, 0) is 4.74 Å². The summed E-state index contributed by atoms with van der Waals surface area (Å²) in [5, 5.41) is 11.1. The summed E-state index contributed by atoms with van der Waals surface area (Å²) in [5.41, 5.74) is -1.50. The standard InChI is InChI=1S/C15H21Br2ClO2/c1-11(2)14-7-9(16)12(3,18)8-10(14)20-15(11,17)6-5-13(14,4)19/h5-6,9-10,19H,7-8H2,1-4H3/t9-,10-,12-,13+,14+,15+/m0/s1. The molecule has 1 heterocycles. The monoisotopic (exact) mass is 426 g/mol. The third kappa shape index (κ3) is 1.58. The molecule has 1 aliphatic heterocycles. The molecule has 6 atom stereocenters. The quantitative estimate of drug-likeness (QED) is 0.459. The predicted molar refractivity (Wildman–Crippen MR) is 88.7 cm³/mol. The fourth-order valence-electron chi connectivity index (χ4n) is 4.58. The average molecular weight is 429 g/mol. The van der Waals surface area contributed by atoms with Gasteiger partial charge in [0.25, 0.3) is 0 Å². The summed E-state index contributed by atoms with van der Waals surface area (Å²) >= 11 is 14.2. The number of rotatable bonds is 0. The van der Waals surface area contributed by atoms with Crippen LogP contribution in [0.4, 0.5) is 0 Å². The highest BCUT2D eigenvalue weighted by atomic mass is 79.9. The number of hydrogen-bond acceptors (Lipinski definition) is 2. The molecular weight excluding hydrogens is 407 g/mol. The second-order valence-electron chi connectivity index (χ2n) is 7.48. The van der Waals surface area contributed by atoms with E-state index in [-0.39, 0.29) is 26.6 Å². The van der Waals surface area contributed by atoms with Crippen molar-refractivity contribution in [3.05, 3.63) is 12.2 Å². The summed E-state index contributed by atoms with van der Waals surface area (Å²) in [6.45, 7) is 8.30. The van der Waals surface area contributed by atoms with Crippen molar-refractivity contribution in [2.45, 2.75) is 66.5 Å². The van der Waals surface area contributed by atoms with Gasteiger partial charge in [-0.25, -0.2) is 0 Å². The van der Waals surface area contributed by atoms with Crippen LogP contribution in [-0.4, -0.2) is 31.0 Å². The Labute approximate surface area is 142 Å². The fraction of sp³-hybridized carbons (Fsp3) is 0.867. The molecule has 0 radical (unpaired) electrons. The van der Waals surface area contributed by atoms with Gasteiger partial charge in [-0.15, -0.1) is 11.6 Å². The first-order valence-electron chi connectivity index (χ1n) is 7.02. The highest BCUT2D eigenvalue weighted by Gasteiger charge is 2.76. The van der Waals surface area contributed by atoms with Gasteiger partial charge in [-0.05, 0) is 48.7 Å². The normalized spacial score (nSPS) is 60.4. The molecule has 1 saturated carbocycles. The minimum absolute atomic E-state index is 0.0711. The number of ether oxygens (including phenoxy) is 1. The molecule has 20 heavy (non-hydrogen) atoms. The van der Waals surface area contributed by atoms with E-state index in [0.717, 1.165) is 12.8 Å². The molecule has 1 saturated heterocycles. The Balaban J connectivity index is 2.21. The van der Waals surface area contributed by atoms with Crippen LogP contribution in [0, 0.1) is 10.8 Å². The van der Waals surface area contributed by atoms with Crippen molar-refractivity contribution in [1.29, 1.82) is 0 Å². The topological polar surface area (TPSA) is 29.5 Å². The van der Waals surface area contributed by atoms with E-state index in [4.69, 9.17) is 16.3 Å². The van der Waals surface area contributed by atoms with Crippen molar-refractivity contribution in [2.75, 3.05) is 0 Å². The summed E-state index contributed by atoms with van der Waals surface area (Å²) in [5.74, 6) is 0. The van der Waals surface area contributed by atoms with Gasteiger partial charge in [-0.3, -0.25) is 0 Å². The Hall–Kier alpha value is 0.910. The molecule has 2 nitrogen and oxygen atoms in total. The number of hydrogen-bond donors (Lipinski definition) is 1. The zero-order valence-electron chi connectivity index (χ0n) is 12.2. The van der Waals surface area contributed by atoms with Crippen LogP contribution in [0.3, 0.4) is 0 Å². The highest BCUT2D eigenvalue weighted by Crippen LogP contribution is 2.73. The molecule has 0 amide bonds. The number of halogens is 3. The van der Waals surface area contributed by atoms with Crippen LogP contribution in [0.2, 0.25) is 0 Å². The number of fused-ring (bicyclic) bond motifs is 1. The van der Waals surface area contributed by atoms with Gasteiger partial charge < -0.3 is 9.84 Å². The van der Waals surface area contributed by atoms with Crippen molar-refractivity contribution in [3.8, 4) is 0 Å². The largest absolute Gasteiger partial charge is 0.385 e. The number of aliphatic hydroxyl groups is 1. The molecular formula is C15H21Br2ClO2. The van der Waals surface area contributed by atoms with E-state index in [0.29, 0.717) is 0 Å². The first-order valence-corrected chi connectivity index (χ1v) is 9.11. The maximum Gasteiger partial charge on any atom is 0.147 e. The predicted octanol–water partition coefficient (Wildman–Crippen LogP) is 4.36. The summed E-state index contributed by atoms with van der Waals surface area (Å²) in [4.78, 5) is -0.216. The van der Waals surface area contributed by atoms with Crippen molar-refractivity contribution < 1.29 is 9.84 Å². The molecule has 3 aliphatic rings. The van der Waals surface area contributed by atoms with Crippen LogP contribution in [0.25, 0.3) is 0 Å². The minimum Gasteiger partial charge on any atom is -0.385 e. The van der Waals surface area contributed by atoms with Crippen molar-refractivity contribution >= 4 is 43.5 Å². The van der Waals surface area contributed by atoms with Crippen molar-refractivity contribution in [1.82, 2.24) is 0 Å². The van der Waals surface area contributed by atoms with E-state index in [9.17, 15) is 5.11 Å². The Morgan fingerprint density at radius 2 is 1.80 bits per heavy atom. The first-order chi connectivity index (χ1) is 8.90. The third-order valence-electron chi connectivity index (χ3n) is 6.10. The van der Waals surface area contributed by atoms with Gasteiger partial charge in [-0.2, -0.15) is 0 Å². The van der Waals surface area contributed by atoms with Crippen LogP contribution < -0.4 is 0 Å². The molecule has 2 bridgehead atoms. The van der Waals surface area contributed by atoms with Gasteiger partial charge in [0.2, 0.25) is 0 Å². The highest BCUT2D eigenvalue weighted by molar-refractivity contribution is 9.10. The van der Waals surface area contributed by atoms with E-state index in [1.165, 1.54) is 0 Å².